The normalized spacial score (nSPS) is 16.3. The molecule has 1 aliphatic rings. The highest BCUT2D eigenvalue weighted by molar-refractivity contribution is 7.99. The fourth-order valence-electron chi connectivity index (χ4n) is 2.56. The first kappa shape index (κ1) is 16.6. The molecule has 0 unspecified atom stereocenters. The first-order valence-electron chi connectivity index (χ1n) is 8.22. The summed E-state index contributed by atoms with van der Waals surface area (Å²) in [7, 11) is 0. The minimum atomic E-state index is 0.694. The van der Waals surface area contributed by atoms with Crippen LogP contribution in [0.15, 0.2) is 12.1 Å². The van der Waals surface area contributed by atoms with Gasteiger partial charge in [-0.05, 0) is 48.8 Å². The lowest BCUT2D eigenvalue weighted by Gasteiger charge is -2.22. The number of aryl methyl sites for hydroxylation is 1. The van der Waals surface area contributed by atoms with E-state index in [1.807, 2.05) is 0 Å². The number of nitrogens with one attached hydrogen (secondary N) is 1. The van der Waals surface area contributed by atoms with Crippen molar-refractivity contribution in [1.29, 1.82) is 0 Å². The van der Waals surface area contributed by atoms with E-state index in [-0.39, 0.29) is 0 Å². The molecule has 0 radical (unpaired) electrons. The summed E-state index contributed by atoms with van der Waals surface area (Å²) in [6.45, 7) is 11.0. The Bertz CT molecular complexity index is 426. The second-order valence-electron chi connectivity index (χ2n) is 6.16. The van der Waals surface area contributed by atoms with E-state index in [1.165, 1.54) is 35.0 Å². The Morgan fingerprint density at radius 1 is 1.29 bits per heavy atom. The lowest BCUT2D eigenvalue weighted by Crippen LogP contribution is -2.27. The van der Waals surface area contributed by atoms with Gasteiger partial charge in [-0.2, -0.15) is 11.8 Å². The van der Waals surface area contributed by atoms with Gasteiger partial charge in [-0.25, -0.2) is 4.98 Å². The van der Waals surface area contributed by atoms with Crippen molar-refractivity contribution in [2.24, 2.45) is 5.92 Å². The summed E-state index contributed by atoms with van der Waals surface area (Å²) in [4.78, 5) is 7.31. The molecule has 0 spiro atoms. The Balaban J connectivity index is 2.08. The van der Waals surface area contributed by atoms with E-state index in [1.54, 1.807) is 0 Å². The number of aromatic nitrogens is 1. The Hall–Kier alpha value is -0.740. The standard InChI is InChI=1S/C17H29N3S/c1-4-16-10-15(13-18-12-14(2)3)11-17(19-16)20-6-5-8-21-9-7-20/h10-11,14,18H,4-9,12-13H2,1-3H3. The average molecular weight is 308 g/mol. The molecular weight excluding hydrogens is 278 g/mol. The van der Waals surface area contributed by atoms with Crippen molar-refractivity contribution >= 4 is 17.6 Å². The molecule has 0 aromatic carbocycles. The monoisotopic (exact) mass is 307 g/mol. The SMILES string of the molecule is CCc1cc(CNCC(C)C)cc(N2CCCSCC2)n1. The van der Waals surface area contributed by atoms with Crippen molar-refractivity contribution in [3.8, 4) is 0 Å². The number of thioether (sulfide) groups is 1. The molecule has 4 heteroatoms. The summed E-state index contributed by atoms with van der Waals surface area (Å²) in [6.07, 6.45) is 2.28. The highest BCUT2D eigenvalue weighted by atomic mass is 32.2. The smallest absolute Gasteiger partial charge is 0.129 e. The second kappa shape index (κ2) is 8.64. The maximum absolute atomic E-state index is 4.85. The molecule has 2 rings (SSSR count). The zero-order chi connectivity index (χ0) is 15.1. The van der Waals surface area contributed by atoms with Crippen LogP contribution in [0.2, 0.25) is 0 Å². The summed E-state index contributed by atoms with van der Waals surface area (Å²) in [6, 6.07) is 4.53. The summed E-state index contributed by atoms with van der Waals surface area (Å²) < 4.78 is 0. The predicted molar refractivity (Wildman–Crippen MR) is 94.3 cm³/mol. The van der Waals surface area contributed by atoms with Gasteiger partial charge in [-0.3, -0.25) is 0 Å². The average Bonchev–Trinajstić information content (AvgIpc) is 2.75. The number of rotatable bonds is 6. The van der Waals surface area contributed by atoms with E-state index >= 15 is 0 Å². The van der Waals surface area contributed by atoms with E-state index in [9.17, 15) is 0 Å². The van der Waals surface area contributed by atoms with Crippen LogP contribution in [0, 0.1) is 5.92 Å². The molecule has 3 nitrogen and oxygen atoms in total. The van der Waals surface area contributed by atoms with Gasteiger partial charge in [0.15, 0.2) is 0 Å². The van der Waals surface area contributed by atoms with Gasteiger partial charge in [0, 0.05) is 31.1 Å². The van der Waals surface area contributed by atoms with E-state index < -0.39 is 0 Å². The van der Waals surface area contributed by atoms with Gasteiger partial charge in [0.25, 0.3) is 0 Å². The van der Waals surface area contributed by atoms with Crippen molar-refractivity contribution in [2.75, 3.05) is 36.0 Å². The first-order valence-corrected chi connectivity index (χ1v) is 9.37. The van der Waals surface area contributed by atoms with E-state index in [2.05, 4.69) is 54.9 Å². The number of anilines is 1. The zero-order valence-electron chi connectivity index (χ0n) is 13.7. The van der Waals surface area contributed by atoms with Crippen LogP contribution in [0.3, 0.4) is 0 Å². The Kier molecular flexibility index (Phi) is 6.84. The van der Waals surface area contributed by atoms with Crippen molar-refractivity contribution in [3.63, 3.8) is 0 Å². The Morgan fingerprint density at radius 3 is 2.90 bits per heavy atom. The Morgan fingerprint density at radius 2 is 2.14 bits per heavy atom. The van der Waals surface area contributed by atoms with Crippen LogP contribution in [0.25, 0.3) is 0 Å². The maximum atomic E-state index is 4.85. The fourth-order valence-corrected chi connectivity index (χ4v) is 3.45. The van der Waals surface area contributed by atoms with Crippen molar-refractivity contribution in [3.05, 3.63) is 23.4 Å². The molecule has 1 fully saturated rings. The van der Waals surface area contributed by atoms with Crippen molar-refractivity contribution in [2.45, 2.75) is 40.2 Å². The first-order chi connectivity index (χ1) is 10.2. The second-order valence-corrected chi connectivity index (χ2v) is 7.38. The highest BCUT2D eigenvalue weighted by Gasteiger charge is 2.13. The van der Waals surface area contributed by atoms with Crippen LogP contribution in [-0.2, 0) is 13.0 Å². The van der Waals surface area contributed by atoms with Crippen molar-refractivity contribution in [1.82, 2.24) is 10.3 Å². The van der Waals surface area contributed by atoms with E-state index in [0.717, 1.165) is 32.6 Å². The lowest BCUT2D eigenvalue weighted by atomic mass is 10.1. The molecule has 1 N–H and O–H groups in total. The Labute approximate surface area is 133 Å². The molecule has 1 aliphatic heterocycles. The van der Waals surface area contributed by atoms with Gasteiger partial charge in [0.05, 0.1) is 0 Å². The highest BCUT2D eigenvalue weighted by Crippen LogP contribution is 2.20. The van der Waals surface area contributed by atoms with Crippen LogP contribution in [0.4, 0.5) is 5.82 Å². The van der Waals surface area contributed by atoms with Crippen LogP contribution in [0.5, 0.6) is 0 Å². The van der Waals surface area contributed by atoms with E-state index in [0.29, 0.717) is 5.92 Å². The summed E-state index contributed by atoms with van der Waals surface area (Å²) in [5.74, 6) is 4.38. The van der Waals surface area contributed by atoms with Gasteiger partial charge in [0.2, 0.25) is 0 Å². The molecular formula is C17H29N3S. The van der Waals surface area contributed by atoms with Crippen LogP contribution in [0.1, 0.15) is 38.4 Å². The minimum absolute atomic E-state index is 0.694. The number of nitrogens with zero attached hydrogens (tertiary/aromatic N) is 2. The zero-order valence-corrected chi connectivity index (χ0v) is 14.5. The third kappa shape index (κ3) is 5.51. The summed E-state index contributed by atoms with van der Waals surface area (Å²) >= 11 is 2.06. The summed E-state index contributed by atoms with van der Waals surface area (Å²) in [5, 5.41) is 3.54. The molecule has 1 aromatic rings. The van der Waals surface area contributed by atoms with Gasteiger partial charge in [-0.15, -0.1) is 0 Å². The maximum Gasteiger partial charge on any atom is 0.129 e. The van der Waals surface area contributed by atoms with Gasteiger partial charge >= 0.3 is 0 Å². The van der Waals surface area contributed by atoms with Crippen LogP contribution < -0.4 is 10.2 Å². The van der Waals surface area contributed by atoms with Gasteiger partial charge in [0.1, 0.15) is 5.82 Å². The molecule has 0 aliphatic carbocycles. The molecule has 0 saturated carbocycles. The van der Waals surface area contributed by atoms with Gasteiger partial charge in [-0.1, -0.05) is 20.8 Å². The third-order valence-electron chi connectivity index (χ3n) is 3.71. The molecule has 0 bridgehead atoms. The molecule has 1 aromatic heterocycles. The van der Waals surface area contributed by atoms with Gasteiger partial charge < -0.3 is 10.2 Å². The minimum Gasteiger partial charge on any atom is -0.356 e. The molecule has 21 heavy (non-hydrogen) atoms. The molecule has 1 saturated heterocycles. The predicted octanol–water partition coefficient (Wildman–Crippen LogP) is 3.33. The summed E-state index contributed by atoms with van der Waals surface area (Å²) in [5.41, 5.74) is 2.58. The van der Waals surface area contributed by atoms with Crippen LogP contribution in [-0.4, -0.2) is 36.1 Å². The molecule has 0 amide bonds. The van der Waals surface area contributed by atoms with Crippen LogP contribution >= 0.6 is 11.8 Å². The molecule has 0 atom stereocenters. The van der Waals surface area contributed by atoms with E-state index in [4.69, 9.17) is 4.98 Å². The third-order valence-corrected chi connectivity index (χ3v) is 4.76. The number of hydrogen-bond acceptors (Lipinski definition) is 4. The van der Waals surface area contributed by atoms with Crippen molar-refractivity contribution < 1.29 is 0 Å². The molecule has 118 valence electrons. The quantitative estimate of drug-likeness (QED) is 0.872. The fraction of sp³-hybridized carbons (Fsp3) is 0.706. The largest absolute Gasteiger partial charge is 0.356 e. The number of pyridine rings is 1. The lowest BCUT2D eigenvalue weighted by molar-refractivity contribution is 0.552. The topological polar surface area (TPSA) is 28.2 Å². The molecule has 2 heterocycles. The number of hydrogen-bond donors (Lipinski definition) is 1.